The molecule has 0 amide bonds. The van der Waals surface area contributed by atoms with E-state index in [1.165, 1.54) is 0 Å². The van der Waals surface area contributed by atoms with Crippen LogP contribution in [0.1, 0.15) is 19.6 Å². The van der Waals surface area contributed by atoms with Crippen molar-refractivity contribution in [2.75, 3.05) is 0 Å². The Morgan fingerprint density at radius 1 is 2.29 bits per heavy atom. The third kappa shape index (κ3) is 1.20. The molecule has 1 rings (SSSR count). The molecule has 3 N–H and O–H groups in total. The standard InChI is InChI=1S/C5H10N2/c6-5-3-1-2-4-7-5/h2,4-5,7H,1,3,6H2/i1D2,3D2,5D/hD. The number of hydrogen-bond donors (Lipinski definition) is 2. The fraction of sp³-hybridized carbons (Fsp3) is 0.600. The predicted molar refractivity (Wildman–Crippen MR) is 29.5 cm³/mol. The molecule has 7 heavy (non-hydrogen) atoms. The molecule has 0 aromatic heterocycles. The van der Waals surface area contributed by atoms with Gasteiger partial charge in [-0.25, -0.2) is 0 Å². The summed E-state index contributed by atoms with van der Waals surface area (Å²) in [7, 11) is 0. The van der Waals surface area contributed by atoms with E-state index in [1.54, 1.807) is 0 Å². The molecule has 1 aliphatic rings. The molecule has 2 nitrogen and oxygen atoms in total. The van der Waals surface area contributed by atoms with Gasteiger partial charge in [-0.15, -0.1) is 0 Å². The number of nitrogens with two attached hydrogens (primary N) is 1. The fourth-order valence-corrected chi connectivity index (χ4v) is 0.303. The van der Waals surface area contributed by atoms with Gasteiger partial charge in [0.15, 0.2) is 1.41 Å². The summed E-state index contributed by atoms with van der Waals surface area (Å²) in [5.41, 5.74) is 5.21. The lowest BCUT2D eigenvalue weighted by molar-refractivity contribution is 0.546. The number of allylic oxidation sites excluding steroid dienone is 1. The van der Waals surface area contributed by atoms with E-state index in [9.17, 15) is 0 Å². The van der Waals surface area contributed by atoms with Crippen LogP contribution in [0, 0.1) is 0 Å². The molecule has 0 fully saturated rings. The molecule has 40 valence electrons. The van der Waals surface area contributed by atoms with Crippen molar-refractivity contribution in [2.24, 2.45) is 5.73 Å². The highest BCUT2D eigenvalue weighted by molar-refractivity contribution is 4.87. The minimum atomic E-state index is -2.63. The van der Waals surface area contributed by atoms with Crippen molar-refractivity contribution in [3.8, 4) is 0 Å². The second-order valence-corrected chi connectivity index (χ2v) is 1.10. The van der Waals surface area contributed by atoms with Crippen LogP contribution in [-0.4, -0.2) is 6.14 Å². The molecule has 1 heterocycles. The molecule has 1 aliphatic heterocycles. The highest BCUT2D eigenvalue weighted by Gasteiger charge is 1.98. The third-order valence-corrected chi connectivity index (χ3v) is 0.572. The fourth-order valence-electron chi connectivity index (χ4n) is 0.303. The summed E-state index contributed by atoms with van der Waals surface area (Å²) in [6, 6.07) is 0. The first-order valence-electron chi connectivity index (χ1n) is 4.84. The van der Waals surface area contributed by atoms with Gasteiger partial charge >= 0.3 is 0 Å². The Labute approximate surface area is 51.9 Å². The summed E-state index contributed by atoms with van der Waals surface area (Å²) in [6.45, 7) is 0. The van der Waals surface area contributed by atoms with Crippen LogP contribution in [0.4, 0.5) is 0 Å². The number of rotatable bonds is 0. The first-order chi connectivity index (χ1) is 5.63. The largest absolute Gasteiger partial charge is 0.376 e. The van der Waals surface area contributed by atoms with E-state index in [4.69, 9.17) is 14.0 Å². The van der Waals surface area contributed by atoms with Crippen LogP contribution in [0.2, 0.25) is 1.41 Å². The Balaban J connectivity index is 3.22. The Hall–Kier alpha value is -0.500. The van der Waals surface area contributed by atoms with Gasteiger partial charge in [0, 0.05) is 5.48 Å². The molecule has 0 aromatic carbocycles. The van der Waals surface area contributed by atoms with Crippen molar-refractivity contribution in [2.45, 2.75) is 18.9 Å². The number of nitrogens with one attached hydrogen (secondary N) is 1. The monoisotopic (exact) mass is 104 g/mol. The van der Waals surface area contributed by atoms with E-state index in [0.717, 1.165) is 12.3 Å². The zero-order valence-electron chi connectivity index (χ0n) is 9.68. The van der Waals surface area contributed by atoms with Gasteiger partial charge in [-0.1, -0.05) is 6.08 Å². The van der Waals surface area contributed by atoms with E-state index in [2.05, 4.69) is 0 Å². The summed E-state index contributed by atoms with van der Waals surface area (Å²) in [5.74, 6) is 0. The minimum Gasteiger partial charge on any atom is -0.376 e. The quantitative estimate of drug-likeness (QED) is 0.459. The van der Waals surface area contributed by atoms with Gasteiger partial charge in [-0.05, 0) is 18.9 Å². The molecule has 0 aliphatic carbocycles. The lowest BCUT2D eigenvalue weighted by atomic mass is 10.2. The zero-order chi connectivity index (χ0) is 10.5. The molecule has 0 bridgehead atoms. The molecular weight excluding hydrogens is 88.1 g/mol. The Morgan fingerprint density at radius 2 is 3.14 bits per heavy atom. The van der Waals surface area contributed by atoms with Gasteiger partial charge in [0.05, 0.1) is 7.51 Å². The van der Waals surface area contributed by atoms with Crippen molar-refractivity contribution >= 4 is 0 Å². The Bertz CT molecular complexity index is 247. The van der Waals surface area contributed by atoms with Crippen LogP contribution >= 0.6 is 0 Å². The highest BCUT2D eigenvalue weighted by atomic mass is 15.0. The van der Waals surface area contributed by atoms with Crippen molar-refractivity contribution in [3.63, 3.8) is 0 Å². The van der Waals surface area contributed by atoms with E-state index in [1.807, 2.05) is 0 Å². The lowest BCUT2D eigenvalue weighted by Crippen LogP contribution is -2.35. The Kier molecular flexibility index (Phi) is 0.356. The van der Waals surface area contributed by atoms with Crippen LogP contribution in [0.25, 0.3) is 0 Å². The predicted octanol–water partition coefficient (Wildman–Crippen LogP) is 0.168. The summed E-state index contributed by atoms with van der Waals surface area (Å²) < 4.78 is 43.7. The van der Waals surface area contributed by atoms with Gasteiger partial charge < -0.3 is 11.0 Å². The smallest absolute Gasteiger partial charge is 0.161 e. The molecular formula is C5H10N2. The SMILES string of the molecule is [2H]N1C=CC([2H])([2H])C([2H])([2H])C1([2H])N. The molecule has 0 saturated carbocycles. The Morgan fingerprint density at radius 3 is 3.86 bits per heavy atom. The van der Waals surface area contributed by atoms with Crippen LogP contribution in [0.3, 0.4) is 0 Å². The molecule has 0 radical (unpaired) electrons. The van der Waals surface area contributed by atoms with Gasteiger partial charge in [0.1, 0.15) is 0 Å². The van der Waals surface area contributed by atoms with Crippen molar-refractivity contribution in [1.29, 1.82) is 0 Å². The molecule has 2 heteroatoms. The summed E-state index contributed by atoms with van der Waals surface area (Å²) >= 11 is 0. The normalized spacial score (nSPS) is 68.4. The second kappa shape index (κ2) is 1.98. The van der Waals surface area contributed by atoms with E-state index in [-0.39, 0.29) is 0 Å². The topological polar surface area (TPSA) is 38.0 Å². The zero-order valence-corrected chi connectivity index (χ0v) is 3.68. The van der Waals surface area contributed by atoms with E-state index in [0.29, 0.717) is 5.31 Å². The van der Waals surface area contributed by atoms with Crippen LogP contribution < -0.4 is 11.0 Å². The third-order valence-electron chi connectivity index (χ3n) is 0.572. The first kappa shape index (κ1) is 1.26. The summed E-state index contributed by atoms with van der Waals surface area (Å²) in [5, 5.41) is 0.397. The van der Waals surface area contributed by atoms with Crippen molar-refractivity contribution in [3.05, 3.63) is 12.3 Å². The van der Waals surface area contributed by atoms with Gasteiger partial charge in [-0.2, -0.15) is 0 Å². The van der Waals surface area contributed by atoms with E-state index < -0.39 is 18.9 Å². The van der Waals surface area contributed by atoms with Crippen LogP contribution in [0.5, 0.6) is 0 Å². The first-order valence-corrected chi connectivity index (χ1v) is 1.89. The maximum absolute atomic E-state index is 7.34. The molecule has 1 unspecified atom stereocenters. The minimum absolute atomic E-state index is 0.397. The summed E-state index contributed by atoms with van der Waals surface area (Å²) in [6.07, 6.45) is -5.53. The van der Waals surface area contributed by atoms with Crippen LogP contribution in [0.15, 0.2) is 12.3 Å². The lowest BCUT2D eigenvalue weighted by Gasteiger charge is -2.13. The van der Waals surface area contributed by atoms with E-state index >= 15 is 0 Å². The summed E-state index contributed by atoms with van der Waals surface area (Å²) in [4.78, 5) is 0. The van der Waals surface area contributed by atoms with Gasteiger partial charge in [0.2, 0.25) is 0 Å². The molecule has 1 atom stereocenters. The molecule has 0 aromatic rings. The van der Waals surface area contributed by atoms with Crippen LogP contribution in [-0.2, 0) is 0 Å². The maximum Gasteiger partial charge on any atom is 0.161 e. The second-order valence-electron chi connectivity index (χ2n) is 1.10. The highest BCUT2D eigenvalue weighted by Crippen LogP contribution is 1.97. The van der Waals surface area contributed by atoms with Crippen molar-refractivity contribution < 1.29 is 8.27 Å². The van der Waals surface area contributed by atoms with Gasteiger partial charge in [-0.3, -0.25) is 0 Å². The average molecular weight is 104 g/mol. The maximum atomic E-state index is 7.34. The molecule has 0 saturated heterocycles. The van der Waals surface area contributed by atoms with Crippen molar-refractivity contribution in [1.82, 2.24) is 5.31 Å². The number of hydrogen-bond acceptors (Lipinski definition) is 2. The van der Waals surface area contributed by atoms with Gasteiger partial charge in [0.25, 0.3) is 0 Å². The molecule has 0 spiro atoms. The average Bonchev–Trinajstić information content (AvgIpc) is 1.97.